The minimum absolute atomic E-state index is 0.152. The van der Waals surface area contributed by atoms with Crippen LogP contribution in [0.2, 0.25) is 0 Å². The molecule has 1 aromatic heterocycles. The maximum Gasteiger partial charge on any atom is 0.163 e. The summed E-state index contributed by atoms with van der Waals surface area (Å²) >= 11 is 3.44. The fourth-order valence-corrected chi connectivity index (χ4v) is 2.75. The molecule has 1 heterocycles. The van der Waals surface area contributed by atoms with E-state index >= 15 is 0 Å². The molecule has 0 aliphatic carbocycles. The lowest BCUT2D eigenvalue weighted by Crippen LogP contribution is -2.13. The molecule has 5 heteroatoms. The quantitative estimate of drug-likeness (QED) is 0.925. The monoisotopic (exact) mass is 338 g/mol. The lowest BCUT2D eigenvalue weighted by atomic mass is 10.0. The molecule has 0 spiro atoms. The molecule has 4 nitrogen and oxygen atoms in total. The number of rotatable bonds is 4. The van der Waals surface area contributed by atoms with E-state index in [1.807, 2.05) is 39.0 Å². The number of ether oxygens (including phenoxy) is 1. The number of aliphatic hydroxyl groups is 1. The molecule has 0 radical (unpaired) electrons. The number of halogens is 1. The number of hydrogen-bond acceptors (Lipinski definition) is 3. The average molecular weight is 339 g/mol. The van der Waals surface area contributed by atoms with Crippen molar-refractivity contribution in [1.82, 2.24) is 9.78 Å². The van der Waals surface area contributed by atoms with E-state index in [1.165, 1.54) is 0 Å². The van der Waals surface area contributed by atoms with Crippen molar-refractivity contribution in [3.05, 3.63) is 45.7 Å². The molecule has 0 fully saturated rings. The predicted molar refractivity (Wildman–Crippen MR) is 82.1 cm³/mol. The fourth-order valence-electron chi connectivity index (χ4n) is 2.28. The largest absolute Gasteiger partial charge is 0.493 e. The van der Waals surface area contributed by atoms with Gasteiger partial charge < -0.3 is 9.84 Å². The zero-order chi connectivity index (χ0) is 14.9. The first kappa shape index (κ1) is 15.1. The van der Waals surface area contributed by atoms with Gasteiger partial charge in [-0.05, 0) is 44.0 Å². The molecule has 0 saturated heterocycles. The summed E-state index contributed by atoms with van der Waals surface area (Å²) in [5.41, 5.74) is 2.56. The topological polar surface area (TPSA) is 47.3 Å². The molecule has 0 bridgehead atoms. The first-order valence-electron chi connectivity index (χ1n) is 6.51. The van der Waals surface area contributed by atoms with E-state index in [2.05, 4.69) is 21.0 Å². The van der Waals surface area contributed by atoms with Crippen molar-refractivity contribution < 1.29 is 9.84 Å². The van der Waals surface area contributed by atoms with Gasteiger partial charge in [-0.15, -0.1) is 0 Å². The van der Waals surface area contributed by atoms with Crippen LogP contribution in [0.4, 0.5) is 0 Å². The summed E-state index contributed by atoms with van der Waals surface area (Å²) in [5, 5.41) is 15.0. The van der Waals surface area contributed by atoms with E-state index in [9.17, 15) is 5.11 Å². The molecule has 108 valence electrons. The lowest BCUT2D eigenvalue weighted by molar-refractivity contribution is 0.199. The van der Waals surface area contributed by atoms with Gasteiger partial charge in [0, 0.05) is 10.5 Å². The molecule has 1 aromatic carbocycles. The summed E-state index contributed by atoms with van der Waals surface area (Å²) in [6, 6.07) is 5.98. The van der Waals surface area contributed by atoms with Gasteiger partial charge in [0.2, 0.25) is 0 Å². The molecule has 0 saturated carbocycles. The SMILES string of the molecule is COc1cnn(C(C)C)c1C(O)c1ccc(Br)cc1C. The van der Waals surface area contributed by atoms with E-state index in [1.54, 1.807) is 18.0 Å². The number of aliphatic hydroxyl groups excluding tert-OH is 1. The number of methoxy groups -OCH3 is 1. The maximum atomic E-state index is 10.7. The minimum atomic E-state index is -0.761. The molecule has 20 heavy (non-hydrogen) atoms. The maximum absolute atomic E-state index is 10.7. The third kappa shape index (κ3) is 2.74. The van der Waals surface area contributed by atoms with Gasteiger partial charge in [0.1, 0.15) is 11.8 Å². The summed E-state index contributed by atoms with van der Waals surface area (Å²) in [7, 11) is 1.59. The van der Waals surface area contributed by atoms with Crippen LogP contribution in [0, 0.1) is 6.92 Å². The van der Waals surface area contributed by atoms with Crippen LogP contribution in [-0.4, -0.2) is 22.0 Å². The number of hydrogen-bond donors (Lipinski definition) is 1. The second-order valence-electron chi connectivity index (χ2n) is 5.04. The van der Waals surface area contributed by atoms with Crippen molar-refractivity contribution in [2.45, 2.75) is 32.9 Å². The van der Waals surface area contributed by atoms with Crippen molar-refractivity contribution in [3.8, 4) is 5.75 Å². The summed E-state index contributed by atoms with van der Waals surface area (Å²) < 4.78 is 8.12. The van der Waals surface area contributed by atoms with E-state index in [0.29, 0.717) is 11.4 Å². The predicted octanol–water partition coefficient (Wildman–Crippen LogP) is 3.63. The molecule has 1 atom stereocenters. The molecular formula is C15H19BrN2O2. The second-order valence-corrected chi connectivity index (χ2v) is 5.96. The van der Waals surface area contributed by atoms with Gasteiger partial charge in [-0.1, -0.05) is 22.0 Å². The number of aromatic nitrogens is 2. The molecule has 0 amide bonds. The number of aryl methyl sites for hydroxylation is 1. The van der Waals surface area contributed by atoms with Crippen molar-refractivity contribution in [3.63, 3.8) is 0 Å². The zero-order valence-corrected chi connectivity index (χ0v) is 13.7. The van der Waals surface area contributed by atoms with Crippen molar-refractivity contribution >= 4 is 15.9 Å². The highest BCUT2D eigenvalue weighted by Gasteiger charge is 2.24. The van der Waals surface area contributed by atoms with Crippen LogP contribution in [0.25, 0.3) is 0 Å². The Kier molecular flexibility index (Phi) is 4.50. The third-order valence-electron chi connectivity index (χ3n) is 3.29. The van der Waals surface area contributed by atoms with Crippen LogP contribution in [-0.2, 0) is 0 Å². The second kappa shape index (κ2) is 5.97. The highest BCUT2D eigenvalue weighted by Crippen LogP contribution is 2.33. The molecule has 0 aliphatic rings. The molecule has 2 rings (SSSR count). The van der Waals surface area contributed by atoms with Crippen LogP contribution >= 0.6 is 15.9 Å². The standard InChI is InChI=1S/C15H19BrN2O2/c1-9(2)18-14(13(20-4)8-17-18)15(19)12-6-5-11(16)7-10(12)3/h5-9,15,19H,1-4H3. The van der Waals surface area contributed by atoms with Crippen LogP contribution in [0.15, 0.2) is 28.9 Å². The first-order chi connectivity index (χ1) is 9.45. The lowest BCUT2D eigenvalue weighted by Gasteiger charge is -2.19. The van der Waals surface area contributed by atoms with E-state index in [-0.39, 0.29) is 6.04 Å². The average Bonchev–Trinajstić information content (AvgIpc) is 2.81. The summed E-state index contributed by atoms with van der Waals surface area (Å²) in [4.78, 5) is 0. The van der Waals surface area contributed by atoms with Gasteiger partial charge in [0.25, 0.3) is 0 Å². The highest BCUT2D eigenvalue weighted by molar-refractivity contribution is 9.10. The van der Waals surface area contributed by atoms with Gasteiger partial charge in [-0.25, -0.2) is 0 Å². The Morgan fingerprint density at radius 1 is 1.35 bits per heavy atom. The van der Waals surface area contributed by atoms with E-state index in [4.69, 9.17) is 4.74 Å². The molecule has 1 unspecified atom stereocenters. The van der Waals surface area contributed by atoms with Gasteiger partial charge in [-0.3, -0.25) is 4.68 Å². The van der Waals surface area contributed by atoms with Crippen molar-refractivity contribution in [2.24, 2.45) is 0 Å². The first-order valence-corrected chi connectivity index (χ1v) is 7.30. The Hall–Kier alpha value is -1.33. The van der Waals surface area contributed by atoms with Crippen molar-refractivity contribution in [1.29, 1.82) is 0 Å². The Morgan fingerprint density at radius 3 is 2.60 bits per heavy atom. The number of benzene rings is 1. The van der Waals surface area contributed by atoms with Crippen molar-refractivity contribution in [2.75, 3.05) is 7.11 Å². The van der Waals surface area contributed by atoms with Gasteiger partial charge in [-0.2, -0.15) is 5.10 Å². The summed E-state index contributed by atoms with van der Waals surface area (Å²) in [6.07, 6.45) is 0.884. The van der Waals surface area contributed by atoms with Gasteiger partial charge in [0.05, 0.1) is 13.3 Å². The molecule has 2 aromatic rings. The fraction of sp³-hybridized carbons (Fsp3) is 0.400. The zero-order valence-electron chi connectivity index (χ0n) is 12.1. The van der Waals surface area contributed by atoms with Gasteiger partial charge >= 0.3 is 0 Å². The summed E-state index contributed by atoms with van der Waals surface area (Å²) in [5.74, 6) is 0.605. The highest BCUT2D eigenvalue weighted by atomic mass is 79.9. The Balaban J connectivity index is 2.52. The van der Waals surface area contributed by atoms with E-state index < -0.39 is 6.10 Å². The molecular weight excluding hydrogens is 320 g/mol. The Bertz CT molecular complexity index is 608. The van der Waals surface area contributed by atoms with Crippen LogP contribution in [0.5, 0.6) is 5.75 Å². The molecule has 1 N–H and O–H groups in total. The van der Waals surface area contributed by atoms with Crippen LogP contribution < -0.4 is 4.74 Å². The molecule has 0 aliphatic heterocycles. The van der Waals surface area contributed by atoms with Gasteiger partial charge in [0.15, 0.2) is 5.75 Å². The van der Waals surface area contributed by atoms with Crippen LogP contribution in [0.1, 0.15) is 42.8 Å². The minimum Gasteiger partial charge on any atom is -0.493 e. The van der Waals surface area contributed by atoms with Crippen LogP contribution in [0.3, 0.4) is 0 Å². The third-order valence-corrected chi connectivity index (χ3v) is 3.79. The number of nitrogens with zero attached hydrogens (tertiary/aromatic N) is 2. The Labute approximate surface area is 127 Å². The smallest absolute Gasteiger partial charge is 0.163 e. The van der Waals surface area contributed by atoms with E-state index in [0.717, 1.165) is 15.6 Å². The summed E-state index contributed by atoms with van der Waals surface area (Å²) in [6.45, 7) is 6.03. The Morgan fingerprint density at radius 2 is 2.05 bits per heavy atom. The normalized spacial score (nSPS) is 12.8.